The quantitative estimate of drug-likeness (QED) is 0.800. The van der Waals surface area contributed by atoms with Gasteiger partial charge < -0.3 is 5.73 Å². The number of hydrogen-bond donors (Lipinski definition) is 1. The number of rotatable bonds is 3. The molecule has 24 heavy (non-hydrogen) atoms. The van der Waals surface area contributed by atoms with Crippen LogP contribution in [0.3, 0.4) is 0 Å². The van der Waals surface area contributed by atoms with Gasteiger partial charge in [0, 0.05) is 23.4 Å². The minimum absolute atomic E-state index is 0.0820. The molecular weight excluding hydrogens is 309 g/mol. The second-order valence-electron chi connectivity index (χ2n) is 5.59. The first kappa shape index (κ1) is 15.8. The number of nitrogen functional groups attached to an aromatic ring is 1. The smallest absolute Gasteiger partial charge is 0.267 e. The molecule has 0 spiro atoms. The minimum Gasteiger partial charge on any atom is -0.368 e. The summed E-state index contributed by atoms with van der Waals surface area (Å²) in [6, 6.07) is 8.90. The highest BCUT2D eigenvalue weighted by Crippen LogP contribution is 2.29. The average molecular weight is 325 g/mol. The molecule has 3 rings (SSSR count). The van der Waals surface area contributed by atoms with Crippen molar-refractivity contribution in [2.45, 2.75) is 19.9 Å². The Bertz CT molecular complexity index is 934. The van der Waals surface area contributed by atoms with Crippen molar-refractivity contribution in [2.75, 3.05) is 5.73 Å². The van der Waals surface area contributed by atoms with Gasteiger partial charge in [-0.2, -0.15) is 5.10 Å². The van der Waals surface area contributed by atoms with Crippen LogP contribution in [-0.2, 0) is 0 Å². The molecule has 6 nitrogen and oxygen atoms in total. The summed E-state index contributed by atoms with van der Waals surface area (Å²) in [7, 11) is 0. The largest absolute Gasteiger partial charge is 0.368 e. The summed E-state index contributed by atoms with van der Waals surface area (Å²) < 4.78 is 14.6. The number of nitrogens with two attached hydrogens (primary N) is 1. The Balaban J connectivity index is 2.20. The summed E-state index contributed by atoms with van der Waals surface area (Å²) in [6.45, 7) is 3.75. The lowest BCUT2D eigenvalue weighted by atomic mass is 10.0. The highest BCUT2D eigenvalue weighted by molar-refractivity contribution is 5.78. The van der Waals surface area contributed by atoms with E-state index in [1.165, 1.54) is 22.9 Å². The standard InChI is InChI=1S/C17H16FN5O/c1-10(2)23-15(24)8-7-14(22-23)13-9-20-17(19)21-16(13)11-3-5-12(18)6-4-11/h3-10H,1-2H3,(H2,19,20,21). The van der Waals surface area contributed by atoms with Crippen LogP contribution in [0.5, 0.6) is 0 Å². The Morgan fingerprint density at radius 1 is 1.12 bits per heavy atom. The van der Waals surface area contributed by atoms with E-state index >= 15 is 0 Å². The maximum atomic E-state index is 13.2. The van der Waals surface area contributed by atoms with Crippen LogP contribution in [0.2, 0.25) is 0 Å². The summed E-state index contributed by atoms with van der Waals surface area (Å²) in [5, 5.41) is 4.38. The fraction of sp³-hybridized carbons (Fsp3) is 0.176. The third-order valence-electron chi connectivity index (χ3n) is 3.52. The molecule has 2 N–H and O–H groups in total. The van der Waals surface area contributed by atoms with Crippen molar-refractivity contribution < 1.29 is 4.39 Å². The van der Waals surface area contributed by atoms with Crippen LogP contribution >= 0.6 is 0 Å². The van der Waals surface area contributed by atoms with Gasteiger partial charge in [-0.05, 0) is 44.2 Å². The fourth-order valence-corrected chi connectivity index (χ4v) is 2.35. The maximum Gasteiger partial charge on any atom is 0.267 e. The second-order valence-corrected chi connectivity index (χ2v) is 5.59. The van der Waals surface area contributed by atoms with Crippen LogP contribution in [0.15, 0.2) is 47.4 Å². The van der Waals surface area contributed by atoms with Crippen LogP contribution in [0, 0.1) is 5.82 Å². The number of halogens is 1. The Kier molecular flexibility index (Phi) is 4.07. The zero-order valence-electron chi connectivity index (χ0n) is 13.3. The van der Waals surface area contributed by atoms with Gasteiger partial charge in [-0.25, -0.2) is 19.0 Å². The van der Waals surface area contributed by atoms with Gasteiger partial charge >= 0.3 is 0 Å². The molecule has 0 amide bonds. The predicted molar refractivity (Wildman–Crippen MR) is 89.7 cm³/mol. The summed E-state index contributed by atoms with van der Waals surface area (Å²) in [5.41, 5.74) is 7.89. The van der Waals surface area contributed by atoms with E-state index in [-0.39, 0.29) is 23.4 Å². The van der Waals surface area contributed by atoms with Crippen LogP contribution < -0.4 is 11.3 Å². The van der Waals surface area contributed by atoms with E-state index in [1.54, 1.807) is 24.4 Å². The zero-order valence-corrected chi connectivity index (χ0v) is 13.3. The predicted octanol–water partition coefficient (Wildman–Crippen LogP) is 2.67. The molecule has 0 saturated heterocycles. The fourth-order valence-electron chi connectivity index (χ4n) is 2.35. The Morgan fingerprint density at radius 2 is 1.83 bits per heavy atom. The van der Waals surface area contributed by atoms with E-state index in [1.807, 2.05) is 13.8 Å². The van der Waals surface area contributed by atoms with E-state index in [0.29, 0.717) is 22.5 Å². The van der Waals surface area contributed by atoms with Gasteiger partial charge in [-0.3, -0.25) is 4.79 Å². The van der Waals surface area contributed by atoms with Crippen LogP contribution in [-0.4, -0.2) is 19.7 Å². The molecule has 1 aromatic carbocycles. The number of aromatic nitrogens is 4. The van der Waals surface area contributed by atoms with Crippen molar-refractivity contribution in [1.82, 2.24) is 19.7 Å². The zero-order chi connectivity index (χ0) is 17.3. The Hall–Kier alpha value is -3.09. The number of hydrogen-bond acceptors (Lipinski definition) is 5. The molecule has 0 aliphatic carbocycles. The molecule has 0 fully saturated rings. The summed E-state index contributed by atoms with van der Waals surface area (Å²) in [4.78, 5) is 20.2. The molecule has 7 heteroatoms. The molecule has 3 aromatic rings. The van der Waals surface area contributed by atoms with Crippen molar-refractivity contribution in [3.63, 3.8) is 0 Å². The average Bonchev–Trinajstić information content (AvgIpc) is 2.56. The molecule has 0 aliphatic rings. The Labute approximate surface area is 137 Å². The Morgan fingerprint density at radius 3 is 2.50 bits per heavy atom. The lowest BCUT2D eigenvalue weighted by molar-refractivity contribution is 0.505. The third-order valence-corrected chi connectivity index (χ3v) is 3.52. The molecule has 2 aromatic heterocycles. The lowest BCUT2D eigenvalue weighted by Gasteiger charge is -2.12. The van der Waals surface area contributed by atoms with Gasteiger partial charge in [0.25, 0.3) is 5.56 Å². The topological polar surface area (TPSA) is 86.7 Å². The number of anilines is 1. The van der Waals surface area contributed by atoms with Crippen molar-refractivity contribution in [3.8, 4) is 22.5 Å². The third kappa shape index (κ3) is 3.01. The molecule has 0 atom stereocenters. The van der Waals surface area contributed by atoms with Gasteiger partial charge in [0.1, 0.15) is 5.82 Å². The molecule has 0 radical (unpaired) electrons. The van der Waals surface area contributed by atoms with Crippen LogP contribution in [0.25, 0.3) is 22.5 Å². The SMILES string of the molecule is CC(C)n1nc(-c2cnc(N)nc2-c2ccc(F)cc2)ccc1=O. The minimum atomic E-state index is -0.339. The van der Waals surface area contributed by atoms with Gasteiger partial charge in [-0.15, -0.1) is 0 Å². The van der Waals surface area contributed by atoms with E-state index in [0.717, 1.165) is 0 Å². The van der Waals surface area contributed by atoms with Crippen LogP contribution in [0.4, 0.5) is 10.3 Å². The first-order chi connectivity index (χ1) is 11.5. The van der Waals surface area contributed by atoms with E-state index in [2.05, 4.69) is 15.1 Å². The highest BCUT2D eigenvalue weighted by Gasteiger charge is 2.14. The normalized spacial score (nSPS) is 11.0. The van der Waals surface area contributed by atoms with Crippen molar-refractivity contribution in [1.29, 1.82) is 0 Å². The summed E-state index contributed by atoms with van der Waals surface area (Å²) in [5.74, 6) is -0.232. The van der Waals surface area contributed by atoms with Gasteiger partial charge in [0.15, 0.2) is 0 Å². The van der Waals surface area contributed by atoms with Crippen molar-refractivity contribution in [3.05, 3.63) is 58.8 Å². The first-order valence-corrected chi connectivity index (χ1v) is 7.44. The van der Waals surface area contributed by atoms with Gasteiger partial charge in [-0.1, -0.05) is 0 Å². The molecule has 2 heterocycles. The first-order valence-electron chi connectivity index (χ1n) is 7.44. The molecular formula is C17H16FN5O. The van der Waals surface area contributed by atoms with Gasteiger partial charge in [0.2, 0.25) is 5.95 Å². The second kappa shape index (κ2) is 6.19. The molecule has 0 saturated carbocycles. The summed E-state index contributed by atoms with van der Waals surface area (Å²) in [6.07, 6.45) is 1.55. The van der Waals surface area contributed by atoms with E-state index < -0.39 is 0 Å². The molecule has 0 unspecified atom stereocenters. The summed E-state index contributed by atoms with van der Waals surface area (Å²) >= 11 is 0. The van der Waals surface area contributed by atoms with Crippen molar-refractivity contribution in [2.24, 2.45) is 0 Å². The van der Waals surface area contributed by atoms with Crippen molar-refractivity contribution >= 4 is 5.95 Å². The lowest BCUT2D eigenvalue weighted by Crippen LogP contribution is -2.24. The molecule has 122 valence electrons. The molecule has 0 aliphatic heterocycles. The maximum absolute atomic E-state index is 13.2. The van der Waals surface area contributed by atoms with Crippen LogP contribution in [0.1, 0.15) is 19.9 Å². The monoisotopic (exact) mass is 325 g/mol. The van der Waals surface area contributed by atoms with E-state index in [4.69, 9.17) is 5.73 Å². The molecule has 0 bridgehead atoms. The number of benzene rings is 1. The van der Waals surface area contributed by atoms with Gasteiger partial charge in [0.05, 0.1) is 17.4 Å². The number of nitrogens with zero attached hydrogens (tertiary/aromatic N) is 4. The van der Waals surface area contributed by atoms with E-state index in [9.17, 15) is 9.18 Å². The highest BCUT2D eigenvalue weighted by atomic mass is 19.1.